The lowest BCUT2D eigenvalue weighted by atomic mass is 10.1. The lowest BCUT2D eigenvalue weighted by Crippen LogP contribution is -2.22. The molecule has 24 heavy (non-hydrogen) atoms. The van der Waals surface area contributed by atoms with Crippen molar-refractivity contribution < 1.29 is 4.79 Å². The number of amides is 1. The number of rotatable bonds is 3. The molecule has 1 amide bonds. The third kappa shape index (κ3) is 3.30. The molecule has 2 aromatic carbocycles. The lowest BCUT2D eigenvalue weighted by molar-refractivity contribution is 0.0821. The molecule has 0 radical (unpaired) electrons. The average molecular weight is 360 g/mol. The van der Waals surface area contributed by atoms with E-state index in [4.69, 9.17) is 23.2 Å². The predicted octanol–water partition coefficient (Wildman–Crippen LogP) is 4.55. The predicted molar refractivity (Wildman–Crippen MR) is 97.0 cm³/mol. The molecule has 3 aromatic rings. The third-order valence-electron chi connectivity index (χ3n) is 3.55. The summed E-state index contributed by atoms with van der Waals surface area (Å²) in [5.41, 5.74) is 2.92. The largest absolute Gasteiger partial charge is 0.343 e. The zero-order valence-electron chi connectivity index (χ0n) is 13.2. The fraction of sp³-hybridized carbons (Fsp3) is 0.111. The van der Waals surface area contributed by atoms with Gasteiger partial charge < -0.3 is 4.90 Å². The molecule has 0 aliphatic carbocycles. The highest BCUT2D eigenvalue weighted by Crippen LogP contribution is 2.26. The maximum Gasteiger partial charge on any atom is 0.273 e. The number of benzene rings is 2. The van der Waals surface area contributed by atoms with Crippen molar-refractivity contribution in [1.29, 1.82) is 0 Å². The molecule has 0 fully saturated rings. The smallest absolute Gasteiger partial charge is 0.273 e. The van der Waals surface area contributed by atoms with Crippen LogP contribution in [-0.2, 0) is 0 Å². The van der Waals surface area contributed by atoms with Crippen molar-refractivity contribution in [1.82, 2.24) is 14.7 Å². The molecule has 0 spiro atoms. The Hall–Kier alpha value is -2.30. The Morgan fingerprint density at radius 3 is 2.04 bits per heavy atom. The van der Waals surface area contributed by atoms with Gasteiger partial charge in [-0.2, -0.15) is 5.10 Å². The number of carbonyl (C=O) groups excluding carboxylic acids is 1. The van der Waals surface area contributed by atoms with Gasteiger partial charge >= 0.3 is 0 Å². The van der Waals surface area contributed by atoms with Crippen LogP contribution in [0.25, 0.3) is 16.9 Å². The summed E-state index contributed by atoms with van der Waals surface area (Å²) >= 11 is 11.9. The molecule has 4 nitrogen and oxygen atoms in total. The minimum absolute atomic E-state index is 0.155. The van der Waals surface area contributed by atoms with Crippen LogP contribution in [0, 0.1) is 0 Å². The number of aromatic nitrogens is 2. The van der Waals surface area contributed by atoms with Gasteiger partial charge in [0.15, 0.2) is 5.69 Å². The maximum absolute atomic E-state index is 12.3. The van der Waals surface area contributed by atoms with Crippen LogP contribution >= 0.6 is 23.2 Å². The molecule has 3 rings (SSSR count). The van der Waals surface area contributed by atoms with E-state index >= 15 is 0 Å². The first-order chi connectivity index (χ1) is 11.5. The molecule has 0 aliphatic rings. The Labute approximate surface area is 150 Å². The fourth-order valence-electron chi connectivity index (χ4n) is 2.32. The Kier molecular flexibility index (Phi) is 4.60. The first kappa shape index (κ1) is 16.6. The van der Waals surface area contributed by atoms with E-state index in [0.29, 0.717) is 15.7 Å². The van der Waals surface area contributed by atoms with E-state index in [1.165, 1.54) is 4.90 Å². The molecule has 0 unspecified atom stereocenters. The van der Waals surface area contributed by atoms with Crippen molar-refractivity contribution in [2.45, 2.75) is 0 Å². The topological polar surface area (TPSA) is 38.1 Å². The molecule has 6 heteroatoms. The average Bonchev–Trinajstić information content (AvgIpc) is 3.00. The van der Waals surface area contributed by atoms with Crippen LogP contribution in [0.2, 0.25) is 10.0 Å². The quantitative estimate of drug-likeness (QED) is 0.687. The molecule has 122 valence electrons. The van der Waals surface area contributed by atoms with Gasteiger partial charge in [-0.15, -0.1) is 0 Å². The summed E-state index contributed by atoms with van der Waals surface area (Å²) in [6.07, 6.45) is 0. The van der Waals surface area contributed by atoms with Gasteiger partial charge in [-0.3, -0.25) is 4.79 Å². The van der Waals surface area contributed by atoms with Crippen molar-refractivity contribution >= 4 is 29.1 Å². The highest BCUT2D eigenvalue weighted by molar-refractivity contribution is 6.30. The lowest BCUT2D eigenvalue weighted by Gasteiger charge is -2.08. The summed E-state index contributed by atoms with van der Waals surface area (Å²) in [6.45, 7) is 0. The highest BCUT2D eigenvalue weighted by Gasteiger charge is 2.18. The van der Waals surface area contributed by atoms with Crippen molar-refractivity contribution in [2.75, 3.05) is 14.1 Å². The van der Waals surface area contributed by atoms with E-state index in [0.717, 1.165) is 16.9 Å². The molecular weight excluding hydrogens is 345 g/mol. The first-order valence-electron chi connectivity index (χ1n) is 7.29. The summed E-state index contributed by atoms with van der Waals surface area (Å²) in [7, 11) is 3.40. The molecule has 0 N–H and O–H groups in total. The Balaban J connectivity index is 2.16. The molecule has 0 aliphatic heterocycles. The van der Waals surface area contributed by atoms with Crippen molar-refractivity contribution in [3.05, 3.63) is 70.3 Å². The van der Waals surface area contributed by atoms with Crippen LogP contribution in [0.4, 0.5) is 0 Å². The molecule has 0 bridgehead atoms. The van der Waals surface area contributed by atoms with E-state index in [2.05, 4.69) is 5.10 Å². The number of nitrogens with zero attached hydrogens (tertiary/aromatic N) is 3. The number of carbonyl (C=O) groups is 1. The van der Waals surface area contributed by atoms with Crippen molar-refractivity contribution in [3.63, 3.8) is 0 Å². The van der Waals surface area contributed by atoms with Gasteiger partial charge in [0, 0.05) is 29.7 Å². The minimum Gasteiger partial charge on any atom is -0.343 e. The maximum atomic E-state index is 12.3. The summed E-state index contributed by atoms with van der Waals surface area (Å²) in [4.78, 5) is 13.8. The molecule has 0 atom stereocenters. The zero-order chi connectivity index (χ0) is 17.3. The molecule has 0 saturated heterocycles. The zero-order valence-corrected chi connectivity index (χ0v) is 14.7. The van der Waals surface area contributed by atoms with Gasteiger partial charge in [0.05, 0.1) is 11.4 Å². The number of halogens is 2. The SMILES string of the molecule is CN(C)C(=O)c1cc(-c2ccc(Cl)cc2)n(-c2ccc(Cl)cc2)n1. The monoisotopic (exact) mass is 359 g/mol. The van der Waals surface area contributed by atoms with Crippen LogP contribution in [0.1, 0.15) is 10.5 Å². The summed E-state index contributed by atoms with van der Waals surface area (Å²) in [5, 5.41) is 5.78. The molecule has 1 aromatic heterocycles. The standard InChI is InChI=1S/C18H15Cl2N3O/c1-22(2)18(24)16-11-17(12-3-5-13(19)6-4-12)23(21-16)15-9-7-14(20)8-10-15/h3-11H,1-2H3. The van der Waals surface area contributed by atoms with E-state index in [1.807, 2.05) is 36.4 Å². The Bertz CT molecular complexity index is 805. The minimum atomic E-state index is -0.155. The second kappa shape index (κ2) is 6.67. The van der Waals surface area contributed by atoms with Gasteiger partial charge in [-0.25, -0.2) is 4.68 Å². The van der Waals surface area contributed by atoms with Gasteiger partial charge in [0.2, 0.25) is 0 Å². The van der Waals surface area contributed by atoms with E-state index in [1.54, 1.807) is 37.0 Å². The normalized spacial score (nSPS) is 10.7. The van der Waals surface area contributed by atoms with E-state index in [-0.39, 0.29) is 5.91 Å². The van der Waals surface area contributed by atoms with E-state index < -0.39 is 0 Å². The molecule has 1 heterocycles. The van der Waals surface area contributed by atoms with Gasteiger partial charge in [-0.1, -0.05) is 35.3 Å². The van der Waals surface area contributed by atoms with Crippen LogP contribution in [0.5, 0.6) is 0 Å². The summed E-state index contributed by atoms with van der Waals surface area (Å²) in [5.74, 6) is -0.155. The highest BCUT2D eigenvalue weighted by atomic mass is 35.5. The Morgan fingerprint density at radius 2 is 1.50 bits per heavy atom. The second-order valence-electron chi connectivity index (χ2n) is 5.51. The van der Waals surface area contributed by atoms with Crippen LogP contribution < -0.4 is 0 Å². The van der Waals surface area contributed by atoms with Gasteiger partial charge in [-0.05, 0) is 42.5 Å². The summed E-state index contributed by atoms with van der Waals surface area (Å²) in [6, 6.07) is 16.5. The van der Waals surface area contributed by atoms with Crippen LogP contribution in [0.15, 0.2) is 54.6 Å². The third-order valence-corrected chi connectivity index (χ3v) is 4.05. The van der Waals surface area contributed by atoms with Crippen LogP contribution in [-0.4, -0.2) is 34.7 Å². The van der Waals surface area contributed by atoms with Crippen LogP contribution in [0.3, 0.4) is 0 Å². The molecular formula is C18H15Cl2N3O. The van der Waals surface area contributed by atoms with Gasteiger partial charge in [0.1, 0.15) is 0 Å². The second-order valence-corrected chi connectivity index (χ2v) is 6.38. The fourth-order valence-corrected chi connectivity index (χ4v) is 2.57. The number of hydrogen-bond acceptors (Lipinski definition) is 2. The molecule has 0 saturated carbocycles. The van der Waals surface area contributed by atoms with Crippen molar-refractivity contribution in [3.8, 4) is 16.9 Å². The van der Waals surface area contributed by atoms with E-state index in [9.17, 15) is 4.79 Å². The summed E-state index contributed by atoms with van der Waals surface area (Å²) < 4.78 is 1.73. The van der Waals surface area contributed by atoms with Gasteiger partial charge in [0.25, 0.3) is 5.91 Å². The first-order valence-corrected chi connectivity index (χ1v) is 8.05. The Morgan fingerprint density at radius 1 is 0.958 bits per heavy atom. The number of hydrogen-bond donors (Lipinski definition) is 0. The van der Waals surface area contributed by atoms with Crippen molar-refractivity contribution in [2.24, 2.45) is 0 Å².